The van der Waals surface area contributed by atoms with Gasteiger partial charge in [0, 0.05) is 5.92 Å². The fraction of sp³-hybridized carbons (Fsp3) is 0.375. The number of hydrogen-bond donors (Lipinski definition) is 0. The topological polar surface area (TPSA) is 43.4 Å². The van der Waals surface area contributed by atoms with Crippen LogP contribution in [0.15, 0.2) is 30.3 Å². The predicted octanol–water partition coefficient (Wildman–Crippen LogP) is 2.21. The van der Waals surface area contributed by atoms with Gasteiger partial charge >= 0.3 is 11.9 Å². The Morgan fingerprint density at radius 3 is 2.68 bits per heavy atom. The van der Waals surface area contributed by atoms with Gasteiger partial charge in [-0.05, 0) is 29.0 Å². The van der Waals surface area contributed by atoms with E-state index in [0.29, 0.717) is 0 Å². The number of cyclic esters (lactones) is 2. The van der Waals surface area contributed by atoms with Crippen molar-refractivity contribution in [3.05, 3.63) is 41.5 Å². The molecule has 0 aromatic heterocycles. The molecule has 3 nitrogen and oxygen atoms in total. The normalized spacial score (nSPS) is 35.3. The molecule has 0 spiro atoms. The standard InChI is InChI=1S/C16H14O3/c1-8-6-11-10-5-3-2-4-9(10)7-12(11)14-13(8)15(17)19-16(14)18/h2-6,8,12-14H,7H2,1H3. The minimum atomic E-state index is -0.339. The van der Waals surface area contributed by atoms with E-state index in [1.54, 1.807) is 0 Å². The zero-order valence-electron chi connectivity index (χ0n) is 10.6. The maximum atomic E-state index is 12.0. The summed E-state index contributed by atoms with van der Waals surface area (Å²) in [6.45, 7) is 2.00. The van der Waals surface area contributed by atoms with Gasteiger partial charge in [-0.25, -0.2) is 0 Å². The molecule has 0 amide bonds. The largest absolute Gasteiger partial charge is 0.393 e. The molecular formula is C16H14O3. The summed E-state index contributed by atoms with van der Waals surface area (Å²) in [6.07, 6.45) is 3.01. The summed E-state index contributed by atoms with van der Waals surface area (Å²) >= 11 is 0. The Labute approximate surface area is 111 Å². The van der Waals surface area contributed by atoms with Crippen molar-refractivity contribution in [2.45, 2.75) is 13.3 Å². The van der Waals surface area contributed by atoms with Crippen LogP contribution in [-0.4, -0.2) is 11.9 Å². The van der Waals surface area contributed by atoms with Gasteiger partial charge in [0.1, 0.15) is 0 Å². The third-order valence-electron chi connectivity index (χ3n) is 4.74. The van der Waals surface area contributed by atoms with Crippen molar-refractivity contribution in [1.82, 2.24) is 0 Å². The van der Waals surface area contributed by atoms with E-state index in [9.17, 15) is 9.59 Å². The molecule has 3 heteroatoms. The number of carbonyl (C=O) groups excluding carboxylic acids is 2. The lowest BCUT2D eigenvalue weighted by atomic mass is 9.69. The van der Waals surface area contributed by atoms with Gasteiger partial charge in [-0.2, -0.15) is 0 Å². The Bertz CT molecular complexity index is 629. The van der Waals surface area contributed by atoms with Crippen molar-refractivity contribution in [2.24, 2.45) is 23.7 Å². The van der Waals surface area contributed by atoms with Crippen LogP contribution in [0.4, 0.5) is 0 Å². The van der Waals surface area contributed by atoms with E-state index in [1.165, 1.54) is 16.7 Å². The van der Waals surface area contributed by atoms with Crippen LogP contribution in [0.5, 0.6) is 0 Å². The minimum absolute atomic E-state index is 0.0707. The van der Waals surface area contributed by atoms with Crippen molar-refractivity contribution in [1.29, 1.82) is 0 Å². The van der Waals surface area contributed by atoms with Gasteiger partial charge < -0.3 is 4.74 Å². The van der Waals surface area contributed by atoms with Crippen molar-refractivity contribution < 1.29 is 14.3 Å². The maximum Gasteiger partial charge on any atom is 0.318 e. The zero-order valence-corrected chi connectivity index (χ0v) is 10.6. The summed E-state index contributed by atoms with van der Waals surface area (Å²) in [5.74, 6) is -1.04. The van der Waals surface area contributed by atoms with Crippen molar-refractivity contribution in [3.63, 3.8) is 0 Å². The van der Waals surface area contributed by atoms with Crippen LogP contribution >= 0.6 is 0 Å². The SMILES string of the molecule is CC1C=C2c3ccccc3CC2C2C(=O)OC(=O)C12. The quantitative estimate of drug-likeness (QED) is 0.526. The molecule has 4 rings (SSSR count). The van der Waals surface area contributed by atoms with Gasteiger partial charge in [0.25, 0.3) is 0 Å². The fourth-order valence-corrected chi connectivity index (χ4v) is 3.93. The Hall–Kier alpha value is -1.90. The van der Waals surface area contributed by atoms with E-state index in [-0.39, 0.29) is 35.6 Å². The molecule has 1 saturated heterocycles. The average molecular weight is 254 g/mol. The third-order valence-corrected chi connectivity index (χ3v) is 4.74. The summed E-state index contributed by atoms with van der Waals surface area (Å²) in [5.41, 5.74) is 3.75. The van der Waals surface area contributed by atoms with Crippen LogP contribution in [0.3, 0.4) is 0 Å². The van der Waals surface area contributed by atoms with E-state index < -0.39 is 0 Å². The Morgan fingerprint density at radius 2 is 1.84 bits per heavy atom. The molecule has 4 unspecified atom stereocenters. The molecule has 0 bridgehead atoms. The summed E-state index contributed by atoms with van der Waals surface area (Å²) < 4.78 is 4.87. The first kappa shape index (κ1) is 11.0. The number of carbonyl (C=O) groups is 2. The molecule has 96 valence electrons. The molecule has 19 heavy (non-hydrogen) atoms. The molecule has 1 fully saturated rings. The average Bonchev–Trinajstić information content (AvgIpc) is 2.88. The number of rotatable bonds is 0. The number of allylic oxidation sites excluding steroid dienone is 2. The zero-order chi connectivity index (χ0) is 13.1. The van der Waals surface area contributed by atoms with Gasteiger partial charge in [0.05, 0.1) is 11.8 Å². The van der Waals surface area contributed by atoms with Gasteiger partial charge in [-0.3, -0.25) is 9.59 Å². The van der Waals surface area contributed by atoms with Crippen LogP contribution in [0.25, 0.3) is 5.57 Å². The highest BCUT2D eigenvalue weighted by Gasteiger charge is 2.54. The Morgan fingerprint density at radius 1 is 1.11 bits per heavy atom. The minimum Gasteiger partial charge on any atom is -0.393 e. The summed E-state index contributed by atoms with van der Waals surface area (Å²) in [7, 11) is 0. The molecule has 2 aliphatic carbocycles. The van der Waals surface area contributed by atoms with Gasteiger partial charge in [-0.1, -0.05) is 37.3 Å². The smallest absolute Gasteiger partial charge is 0.318 e. The van der Waals surface area contributed by atoms with Crippen LogP contribution in [0.1, 0.15) is 18.1 Å². The highest BCUT2D eigenvalue weighted by atomic mass is 16.6. The van der Waals surface area contributed by atoms with Crippen LogP contribution in [0, 0.1) is 23.7 Å². The second-order valence-corrected chi connectivity index (χ2v) is 5.74. The van der Waals surface area contributed by atoms with Crippen LogP contribution in [0.2, 0.25) is 0 Å². The summed E-state index contributed by atoms with van der Waals surface area (Å²) in [6, 6.07) is 8.26. The maximum absolute atomic E-state index is 12.0. The van der Waals surface area contributed by atoms with E-state index in [0.717, 1.165) is 6.42 Å². The van der Waals surface area contributed by atoms with E-state index >= 15 is 0 Å². The van der Waals surface area contributed by atoms with Gasteiger partial charge in [0.15, 0.2) is 0 Å². The van der Waals surface area contributed by atoms with E-state index in [1.807, 2.05) is 19.1 Å². The predicted molar refractivity (Wildman–Crippen MR) is 68.9 cm³/mol. The lowest BCUT2D eigenvalue weighted by molar-refractivity contribution is -0.154. The second-order valence-electron chi connectivity index (χ2n) is 5.74. The molecule has 0 saturated carbocycles. The molecule has 1 aromatic rings. The molecular weight excluding hydrogens is 240 g/mol. The highest BCUT2D eigenvalue weighted by Crippen LogP contribution is 2.51. The molecule has 0 N–H and O–H groups in total. The first-order valence-corrected chi connectivity index (χ1v) is 6.72. The molecule has 3 aliphatic rings. The first-order valence-electron chi connectivity index (χ1n) is 6.72. The van der Waals surface area contributed by atoms with Crippen molar-refractivity contribution in [2.75, 3.05) is 0 Å². The van der Waals surface area contributed by atoms with Gasteiger partial charge in [-0.15, -0.1) is 0 Å². The molecule has 1 aromatic carbocycles. The number of benzene rings is 1. The van der Waals surface area contributed by atoms with E-state index in [2.05, 4.69) is 18.2 Å². The van der Waals surface area contributed by atoms with E-state index in [4.69, 9.17) is 4.74 Å². The van der Waals surface area contributed by atoms with Crippen LogP contribution < -0.4 is 0 Å². The van der Waals surface area contributed by atoms with Crippen LogP contribution in [-0.2, 0) is 20.7 Å². The molecule has 1 aliphatic heterocycles. The number of hydrogen-bond acceptors (Lipinski definition) is 3. The molecule has 0 radical (unpaired) electrons. The monoisotopic (exact) mass is 254 g/mol. The van der Waals surface area contributed by atoms with Crippen molar-refractivity contribution in [3.8, 4) is 0 Å². The molecule has 1 heterocycles. The Kier molecular flexibility index (Phi) is 2.06. The fourth-order valence-electron chi connectivity index (χ4n) is 3.93. The second kappa shape index (κ2) is 3.56. The van der Waals surface area contributed by atoms with Gasteiger partial charge in [0.2, 0.25) is 0 Å². The summed E-state index contributed by atoms with van der Waals surface area (Å²) in [5, 5.41) is 0. The first-order chi connectivity index (χ1) is 9.16. The highest BCUT2D eigenvalue weighted by molar-refractivity contribution is 5.99. The number of esters is 2. The number of ether oxygens (including phenoxy) is 1. The lowest BCUT2D eigenvalue weighted by Crippen LogP contribution is -2.33. The third kappa shape index (κ3) is 1.33. The Balaban J connectivity index is 1.87. The van der Waals surface area contributed by atoms with Crippen molar-refractivity contribution >= 4 is 17.5 Å². The number of fused-ring (bicyclic) bond motifs is 5. The summed E-state index contributed by atoms with van der Waals surface area (Å²) in [4.78, 5) is 23.8. The molecule has 4 atom stereocenters. The lowest BCUT2D eigenvalue weighted by Gasteiger charge is -2.30.